The number of hydrogen-bond donors (Lipinski definition) is 2. The Bertz CT molecular complexity index is 630. The third-order valence-corrected chi connectivity index (χ3v) is 2.67. The molecule has 0 bridgehead atoms. The minimum atomic E-state index is -4.40. The van der Waals surface area contributed by atoms with Crippen molar-refractivity contribution in [3.8, 4) is 11.1 Å². The third kappa shape index (κ3) is 2.85. The van der Waals surface area contributed by atoms with Gasteiger partial charge >= 0.3 is 6.18 Å². The van der Waals surface area contributed by atoms with Gasteiger partial charge in [-0.3, -0.25) is 4.79 Å². The van der Waals surface area contributed by atoms with E-state index in [4.69, 9.17) is 5.11 Å². The van der Waals surface area contributed by atoms with Gasteiger partial charge in [-0.25, -0.2) is 0 Å². The van der Waals surface area contributed by atoms with Gasteiger partial charge < -0.3 is 10.1 Å². The van der Waals surface area contributed by atoms with Crippen LogP contribution in [0.5, 0.6) is 0 Å². The number of hydrogen-bond acceptors (Lipinski definition) is 2. The van der Waals surface area contributed by atoms with Crippen LogP contribution < -0.4 is 5.56 Å². The van der Waals surface area contributed by atoms with E-state index < -0.39 is 17.3 Å². The Kier molecular flexibility index (Phi) is 3.44. The summed E-state index contributed by atoms with van der Waals surface area (Å²) >= 11 is 0. The number of benzene rings is 1. The maximum Gasteiger partial charge on any atom is 0.416 e. The Morgan fingerprint density at radius 3 is 2.32 bits per heavy atom. The second-order valence-corrected chi connectivity index (χ2v) is 3.98. The van der Waals surface area contributed by atoms with Gasteiger partial charge in [0.2, 0.25) is 0 Å². The van der Waals surface area contributed by atoms with Crippen molar-refractivity contribution >= 4 is 0 Å². The smallest absolute Gasteiger partial charge is 0.392 e. The fourth-order valence-electron chi connectivity index (χ4n) is 1.67. The number of aliphatic hydroxyl groups excluding tert-OH is 1. The first-order valence-corrected chi connectivity index (χ1v) is 5.42. The molecule has 0 atom stereocenters. The first kappa shape index (κ1) is 13.4. The lowest BCUT2D eigenvalue weighted by Gasteiger charge is -2.08. The zero-order valence-electron chi connectivity index (χ0n) is 9.66. The predicted octanol–water partition coefficient (Wildman–Crippen LogP) is 2.55. The van der Waals surface area contributed by atoms with Gasteiger partial charge in [-0.2, -0.15) is 13.2 Å². The van der Waals surface area contributed by atoms with Crippen LogP contribution in [0.25, 0.3) is 11.1 Å². The molecule has 0 aliphatic carbocycles. The monoisotopic (exact) mass is 269 g/mol. The zero-order chi connectivity index (χ0) is 14.0. The lowest BCUT2D eigenvalue weighted by molar-refractivity contribution is -0.137. The van der Waals surface area contributed by atoms with Crippen molar-refractivity contribution in [1.29, 1.82) is 0 Å². The highest BCUT2D eigenvalue weighted by molar-refractivity contribution is 5.63. The molecule has 0 radical (unpaired) electrons. The van der Waals surface area contributed by atoms with Crippen molar-refractivity contribution in [1.82, 2.24) is 4.98 Å². The van der Waals surface area contributed by atoms with Gasteiger partial charge in [-0.05, 0) is 29.3 Å². The molecule has 6 heteroatoms. The fourth-order valence-corrected chi connectivity index (χ4v) is 1.67. The first-order chi connectivity index (χ1) is 8.91. The Morgan fingerprint density at radius 2 is 1.79 bits per heavy atom. The first-order valence-electron chi connectivity index (χ1n) is 5.42. The zero-order valence-corrected chi connectivity index (χ0v) is 9.66. The summed E-state index contributed by atoms with van der Waals surface area (Å²) in [7, 11) is 0. The molecule has 0 aliphatic rings. The molecule has 19 heavy (non-hydrogen) atoms. The summed E-state index contributed by atoms with van der Waals surface area (Å²) in [5.74, 6) is 0. The van der Waals surface area contributed by atoms with E-state index in [1.807, 2.05) is 0 Å². The van der Waals surface area contributed by atoms with Gasteiger partial charge in [0, 0.05) is 11.8 Å². The minimum Gasteiger partial charge on any atom is -0.392 e. The van der Waals surface area contributed by atoms with Crippen LogP contribution in [-0.2, 0) is 12.8 Å². The number of aromatic nitrogens is 1. The summed E-state index contributed by atoms with van der Waals surface area (Å²) in [6.07, 6.45) is -3.05. The molecule has 3 nitrogen and oxygen atoms in total. The van der Waals surface area contributed by atoms with Crippen LogP contribution >= 0.6 is 0 Å². The van der Waals surface area contributed by atoms with Gasteiger partial charge in [0.25, 0.3) is 5.56 Å². The van der Waals surface area contributed by atoms with E-state index in [0.29, 0.717) is 11.1 Å². The van der Waals surface area contributed by atoms with Crippen molar-refractivity contribution in [2.75, 3.05) is 0 Å². The van der Waals surface area contributed by atoms with E-state index in [1.54, 1.807) is 0 Å². The van der Waals surface area contributed by atoms with Crippen molar-refractivity contribution in [2.45, 2.75) is 12.8 Å². The maximum absolute atomic E-state index is 12.4. The number of alkyl halides is 3. The Morgan fingerprint density at radius 1 is 1.16 bits per heavy atom. The third-order valence-electron chi connectivity index (χ3n) is 2.67. The van der Waals surface area contributed by atoms with E-state index in [1.165, 1.54) is 24.4 Å². The molecule has 0 amide bonds. The summed E-state index contributed by atoms with van der Waals surface area (Å²) in [6.45, 7) is -0.260. The molecule has 0 saturated carbocycles. The number of aliphatic hydroxyl groups is 1. The lowest BCUT2D eigenvalue weighted by atomic mass is 10.0. The largest absolute Gasteiger partial charge is 0.416 e. The minimum absolute atomic E-state index is 0.222. The molecule has 1 aromatic carbocycles. The molecule has 0 unspecified atom stereocenters. The van der Waals surface area contributed by atoms with Crippen LogP contribution in [0, 0.1) is 0 Å². The van der Waals surface area contributed by atoms with Gasteiger partial charge in [0.05, 0.1) is 12.2 Å². The van der Waals surface area contributed by atoms with E-state index in [9.17, 15) is 18.0 Å². The number of halogens is 3. The summed E-state index contributed by atoms with van der Waals surface area (Å²) < 4.78 is 37.3. The SMILES string of the molecule is O=c1[nH]cc(CO)cc1-c1ccc(C(F)(F)F)cc1. The summed E-state index contributed by atoms with van der Waals surface area (Å²) in [5.41, 5.74) is -0.123. The van der Waals surface area contributed by atoms with Crippen molar-refractivity contribution in [3.63, 3.8) is 0 Å². The second kappa shape index (κ2) is 4.89. The summed E-state index contributed by atoms with van der Waals surface area (Å²) in [5, 5.41) is 8.98. The standard InChI is InChI=1S/C13H10F3NO2/c14-13(15,16)10-3-1-9(2-4-10)11-5-8(7-18)6-17-12(11)19/h1-6,18H,7H2,(H,17,19). The molecule has 2 rings (SSSR count). The normalized spacial score (nSPS) is 11.6. The highest BCUT2D eigenvalue weighted by Crippen LogP contribution is 2.30. The number of nitrogens with one attached hydrogen (secondary N) is 1. The van der Waals surface area contributed by atoms with Crippen LogP contribution in [-0.4, -0.2) is 10.1 Å². The van der Waals surface area contributed by atoms with Gasteiger partial charge in [0.1, 0.15) is 0 Å². The molecule has 1 aromatic heterocycles. The van der Waals surface area contributed by atoms with Crippen LogP contribution in [0.3, 0.4) is 0 Å². The maximum atomic E-state index is 12.4. The van der Waals surface area contributed by atoms with E-state index >= 15 is 0 Å². The average Bonchev–Trinajstić information content (AvgIpc) is 2.38. The fraction of sp³-hybridized carbons (Fsp3) is 0.154. The van der Waals surface area contributed by atoms with Crippen LogP contribution in [0.2, 0.25) is 0 Å². The van der Waals surface area contributed by atoms with E-state index in [0.717, 1.165) is 12.1 Å². The van der Waals surface area contributed by atoms with Gasteiger partial charge in [-0.15, -0.1) is 0 Å². The van der Waals surface area contributed by atoms with Crippen molar-refractivity contribution in [2.24, 2.45) is 0 Å². The second-order valence-electron chi connectivity index (χ2n) is 3.98. The van der Waals surface area contributed by atoms with Crippen LogP contribution in [0.4, 0.5) is 13.2 Å². The van der Waals surface area contributed by atoms with E-state index in [-0.39, 0.29) is 12.2 Å². The molecular weight excluding hydrogens is 259 g/mol. The van der Waals surface area contributed by atoms with Gasteiger partial charge in [-0.1, -0.05) is 12.1 Å². The Hall–Kier alpha value is -2.08. The van der Waals surface area contributed by atoms with Crippen molar-refractivity contribution in [3.05, 3.63) is 58.0 Å². The quantitative estimate of drug-likeness (QED) is 0.880. The molecule has 0 spiro atoms. The molecule has 0 fully saturated rings. The van der Waals surface area contributed by atoms with Crippen molar-refractivity contribution < 1.29 is 18.3 Å². The lowest BCUT2D eigenvalue weighted by Crippen LogP contribution is -2.10. The van der Waals surface area contributed by atoms with Crippen LogP contribution in [0.15, 0.2) is 41.3 Å². The number of aromatic amines is 1. The topological polar surface area (TPSA) is 53.1 Å². The summed E-state index contributed by atoms with van der Waals surface area (Å²) in [6, 6.07) is 5.74. The Balaban J connectivity index is 2.45. The van der Waals surface area contributed by atoms with E-state index in [2.05, 4.69) is 4.98 Å². The highest BCUT2D eigenvalue weighted by atomic mass is 19.4. The molecular formula is C13H10F3NO2. The predicted molar refractivity (Wildman–Crippen MR) is 63.4 cm³/mol. The molecule has 2 aromatic rings. The van der Waals surface area contributed by atoms with Crippen LogP contribution in [0.1, 0.15) is 11.1 Å². The molecule has 2 N–H and O–H groups in total. The molecule has 1 heterocycles. The number of pyridine rings is 1. The number of rotatable bonds is 2. The Labute approximate surface area is 106 Å². The van der Waals surface area contributed by atoms with Gasteiger partial charge in [0.15, 0.2) is 0 Å². The summed E-state index contributed by atoms with van der Waals surface area (Å²) in [4.78, 5) is 14.0. The average molecular weight is 269 g/mol. The molecule has 0 saturated heterocycles. The molecule has 100 valence electrons. The number of H-pyrrole nitrogens is 1. The highest BCUT2D eigenvalue weighted by Gasteiger charge is 2.30. The molecule has 0 aliphatic heterocycles.